The third-order valence-corrected chi connectivity index (χ3v) is 7.28. The molecule has 1 heterocycles. The van der Waals surface area contributed by atoms with E-state index in [1.165, 1.54) is 12.1 Å². The molecule has 2 aromatic carbocycles. The number of hydrogen-bond acceptors (Lipinski definition) is 5. The number of pyridine rings is 1. The number of aliphatic hydroxyl groups is 1. The lowest BCUT2D eigenvalue weighted by molar-refractivity contribution is -0.138. The van der Waals surface area contributed by atoms with E-state index < -0.39 is 26.5 Å². The number of aliphatic hydroxyl groups excluding tert-OH is 1. The summed E-state index contributed by atoms with van der Waals surface area (Å²) in [5.41, 5.74) is 7.00. The molecule has 2 atom stereocenters. The van der Waals surface area contributed by atoms with Crippen LogP contribution < -0.4 is 0 Å². The number of carbonyl (C=O) groups is 1. The summed E-state index contributed by atoms with van der Waals surface area (Å²) in [4.78, 5) is 15.8. The van der Waals surface area contributed by atoms with E-state index in [0.717, 1.165) is 45.6 Å². The number of halogens is 1. The Balaban J connectivity index is 1.96. The van der Waals surface area contributed by atoms with Crippen LogP contribution in [0.1, 0.15) is 56.4 Å². The van der Waals surface area contributed by atoms with Gasteiger partial charge in [0.25, 0.3) is 0 Å². The molecule has 0 saturated carbocycles. The number of carboxylic acid groups (broad SMARTS) is 1. The highest BCUT2D eigenvalue weighted by atomic mass is 31.1. The third kappa shape index (κ3) is 7.75. The van der Waals surface area contributed by atoms with E-state index in [0.29, 0.717) is 12.8 Å². The Labute approximate surface area is 218 Å². The van der Waals surface area contributed by atoms with Crippen LogP contribution in [0.2, 0.25) is 0 Å². The fourth-order valence-electron chi connectivity index (χ4n) is 4.46. The molecular weight excluding hydrogens is 492 g/mol. The number of carboxylic acids is 1. The van der Waals surface area contributed by atoms with E-state index in [9.17, 15) is 18.9 Å². The lowest BCUT2D eigenvalue weighted by Gasteiger charge is -2.23. The van der Waals surface area contributed by atoms with Gasteiger partial charge in [-0.15, -0.1) is 4.52 Å². The van der Waals surface area contributed by atoms with Gasteiger partial charge in [-0.1, -0.05) is 63.2 Å². The van der Waals surface area contributed by atoms with Gasteiger partial charge in [0.15, 0.2) is 0 Å². The van der Waals surface area contributed by atoms with Gasteiger partial charge < -0.3 is 10.2 Å². The molecule has 0 fully saturated rings. The fraction of sp³-hybridized carbons (Fsp3) is 0.379. The minimum atomic E-state index is -2.17. The molecule has 2 N–H and O–H groups in total. The molecule has 3 rings (SSSR count). The van der Waals surface area contributed by atoms with E-state index in [-0.39, 0.29) is 24.5 Å². The predicted molar refractivity (Wildman–Crippen MR) is 144 cm³/mol. The normalized spacial score (nSPS) is 12.5. The largest absolute Gasteiger partial charge is 0.510 e. The molecule has 1 aromatic heterocycles. The molecule has 0 aliphatic carbocycles. The van der Waals surface area contributed by atoms with Crippen LogP contribution >= 0.6 is 8.03 Å². The Morgan fingerprint density at radius 3 is 2.32 bits per heavy atom. The van der Waals surface area contributed by atoms with Crippen LogP contribution in [0.5, 0.6) is 0 Å². The Bertz CT molecular complexity index is 1220. The van der Waals surface area contributed by atoms with Crippen molar-refractivity contribution in [1.29, 1.82) is 0 Å². The molecular formula is C29H34FNO5P+. The van der Waals surface area contributed by atoms with Gasteiger partial charge in [0.1, 0.15) is 18.5 Å². The molecule has 0 spiro atoms. The van der Waals surface area contributed by atoms with Crippen molar-refractivity contribution < 1.29 is 28.5 Å². The second kappa shape index (κ2) is 13.5. The first-order chi connectivity index (χ1) is 17.7. The lowest BCUT2D eigenvalue weighted by atomic mass is 9.85. The van der Waals surface area contributed by atoms with Crippen molar-refractivity contribution in [2.45, 2.75) is 58.5 Å². The van der Waals surface area contributed by atoms with Gasteiger partial charge in [0.2, 0.25) is 6.16 Å². The molecule has 8 heteroatoms. The standard InChI is InChI=1S/C29H33FNO5P/c1-4-24-27(20-12-14-22(30)15-13-20)25(11-8-16-36-37(35)18-23(32)17-26(33)34)28(19(2)3)31-29(24)21-9-6-5-7-10-21/h5-7,9-10,12-15,19,23,32H,4,8,11,16-18H2,1-3H3/p+1/t23-/m0/s1. The van der Waals surface area contributed by atoms with Crippen LogP contribution in [0.25, 0.3) is 22.4 Å². The zero-order valence-corrected chi connectivity index (χ0v) is 22.4. The fourth-order valence-corrected chi connectivity index (χ4v) is 5.38. The van der Waals surface area contributed by atoms with Gasteiger partial charge in [-0.25, -0.2) is 4.39 Å². The van der Waals surface area contributed by atoms with Gasteiger partial charge in [0.05, 0.1) is 12.1 Å². The average molecular weight is 527 g/mol. The number of rotatable bonds is 13. The summed E-state index contributed by atoms with van der Waals surface area (Å²) >= 11 is 0. The molecule has 0 radical (unpaired) electrons. The first-order valence-electron chi connectivity index (χ1n) is 12.6. The molecule has 1 unspecified atom stereocenters. The highest BCUT2D eigenvalue weighted by Crippen LogP contribution is 2.39. The number of aliphatic carboxylic acids is 1. The summed E-state index contributed by atoms with van der Waals surface area (Å²) in [6.07, 6.45) is 0.00477. The maximum absolute atomic E-state index is 13.8. The van der Waals surface area contributed by atoms with Gasteiger partial charge in [-0.2, -0.15) is 0 Å². The number of hydrogen-bond donors (Lipinski definition) is 2. The van der Waals surface area contributed by atoms with Gasteiger partial charge in [0, 0.05) is 11.3 Å². The van der Waals surface area contributed by atoms with Crippen molar-refractivity contribution in [3.8, 4) is 22.4 Å². The molecule has 0 aliphatic heterocycles. The molecule has 196 valence electrons. The third-order valence-electron chi connectivity index (χ3n) is 6.09. The second-order valence-electron chi connectivity index (χ2n) is 9.26. The van der Waals surface area contributed by atoms with Crippen LogP contribution in [0.15, 0.2) is 54.6 Å². The van der Waals surface area contributed by atoms with Gasteiger partial charge in [-0.3, -0.25) is 9.78 Å². The van der Waals surface area contributed by atoms with Crippen LogP contribution in [0.4, 0.5) is 4.39 Å². The van der Waals surface area contributed by atoms with E-state index in [4.69, 9.17) is 14.6 Å². The van der Waals surface area contributed by atoms with Crippen LogP contribution in [-0.4, -0.2) is 40.0 Å². The highest BCUT2D eigenvalue weighted by Gasteiger charge is 2.26. The summed E-state index contributed by atoms with van der Waals surface area (Å²) in [6.45, 7) is 6.47. The summed E-state index contributed by atoms with van der Waals surface area (Å²) in [5, 5.41) is 18.5. The summed E-state index contributed by atoms with van der Waals surface area (Å²) in [6, 6.07) is 16.6. The molecule has 0 saturated heterocycles. The average Bonchev–Trinajstić information content (AvgIpc) is 2.86. The first kappa shape index (κ1) is 28.6. The summed E-state index contributed by atoms with van der Waals surface area (Å²) < 4.78 is 31.4. The zero-order chi connectivity index (χ0) is 26.9. The van der Waals surface area contributed by atoms with Gasteiger partial charge >= 0.3 is 14.0 Å². The quantitative estimate of drug-likeness (QED) is 0.189. The topological polar surface area (TPSA) is 96.7 Å². The molecule has 0 aliphatic rings. The van der Waals surface area contributed by atoms with E-state index in [1.807, 2.05) is 30.3 Å². The van der Waals surface area contributed by atoms with E-state index in [1.54, 1.807) is 12.1 Å². The molecule has 0 bridgehead atoms. The van der Waals surface area contributed by atoms with Crippen LogP contribution in [0.3, 0.4) is 0 Å². The van der Waals surface area contributed by atoms with E-state index >= 15 is 0 Å². The smallest absolute Gasteiger partial charge is 0.481 e. The summed E-state index contributed by atoms with van der Waals surface area (Å²) in [7, 11) is -2.17. The molecule has 0 amide bonds. The first-order valence-corrected chi connectivity index (χ1v) is 13.9. The Morgan fingerprint density at radius 2 is 1.73 bits per heavy atom. The maximum atomic E-state index is 13.8. The van der Waals surface area contributed by atoms with Gasteiger partial charge in [-0.05, 0) is 64.1 Å². The second-order valence-corrected chi connectivity index (χ2v) is 10.6. The van der Waals surface area contributed by atoms with Crippen molar-refractivity contribution in [2.75, 3.05) is 12.8 Å². The SMILES string of the molecule is CCc1c(-c2ccccc2)nc(C(C)C)c(CCCO[P+](=O)C[C@@H](O)CC(=O)O)c1-c1ccc(F)cc1. The van der Waals surface area contributed by atoms with Crippen LogP contribution in [-0.2, 0) is 26.7 Å². The zero-order valence-electron chi connectivity index (χ0n) is 21.5. The molecule has 6 nitrogen and oxygen atoms in total. The minimum Gasteiger partial charge on any atom is -0.481 e. The van der Waals surface area contributed by atoms with Crippen molar-refractivity contribution in [1.82, 2.24) is 4.98 Å². The van der Waals surface area contributed by atoms with Crippen molar-refractivity contribution >= 4 is 14.0 Å². The van der Waals surface area contributed by atoms with Crippen molar-refractivity contribution in [2.24, 2.45) is 0 Å². The number of nitrogens with zero attached hydrogens (tertiary/aromatic N) is 1. The Hall–Kier alpha value is -2.99. The molecule has 37 heavy (non-hydrogen) atoms. The predicted octanol–water partition coefficient (Wildman–Crippen LogP) is 6.77. The van der Waals surface area contributed by atoms with Crippen molar-refractivity contribution in [3.05, 3.63) is 77.2 Å². The van der Waals surface area contributed by atoms with E-state index in [2.05, 4.69) is 20.8 Å². The Morgan fingerprint density at radius 1 is 1.05 bits per heavy atom. The summed E-state index contributed by atoms with van der Waals surface area (Å²) in [5.74, 6) is -1.32. The molecule has 3 aromatic rings. The lowest BCUT2D eigenvalue weighted by Crippen LogP contribution is -2.15. The Kier molecular flexibility index (Phi) is 10.4. The minimum absolute atomic E-state index is 0.131. The maximum Gasteiger partial charge on any atom is 0.510 e. The van der Waals surface area contributed by atoms with Crippen LogP contribution in [0, 0.1) is 5.82 Å². The number of benzene rings is 2. The monoisotopic (exact) mass is 526 g/mol. The number of aromatic nitrogens is 1. The highest BCUT2D eigenvalue weighted by molar-refractivity contribution is 7.39. The van der Waals surface area contributed by atoms with Crippen molar-refractivity contribution in [3.63, 3.8) is 0 Å².